The molecule has 15 heavy (non-hydrogen) atoms. The van der Waals surface area contributed by atoms with Gasteiger partial charge in [0.2, 0.25) is 5.91 Å². The maximum atomic E-state index is 11.8. The average molecular weight is 211 g/mol. The van der Waals surface area contributed by atoms with Crippen molar-refractivity contribution in [2.24, 2.45) is 5.92 Å². The fourth-order valence-electron chi connectivity index (χ4n) is 1.89. The molecule has 0 radical (unpaired) electrons. The Morgan fingerprint density at radius 1 is 1.80 bits per heavy atom. The van der Waals surface area contributed by atoms with E-state index in [9.17, 15) is 9.59 Å². The van der Waals surface area contributed by atoms with Crippen LogP contribution in [0.15, 0.2) is 12.7 Å². The molecule has 0 aromatic heterocycles. The number of esters is 1. The zero-order valence-electron chi connectivity index (χ0n) is 9.21. The van der Waals surface area contributed by atoms with Gasteiger partial charge in [0.15, 0.2) is 0 Å². The largest absolute Gasteiger partial charge is 0.464 e. The first-order chi connectivity index (χ1) is 7.05. The van der Waals surface area contributed by atoms with Crippen LogP contribution in [-0.4, -0.2) is 24.0 Å². The van der Waals surface area contributed by atoms with E-state index in [1.807, 2.05) is 0 Å². The van der Waals surface area contributed by atoms with Crippen molar-refractivity contribution in [3.8, 4) is 0 Å². The molecule has 0 aromatic rings. The number of carbonyl (C=O) groups is 2. The van der Waals surface area contributed by atoms with Gasteiger partial charge in [-0.2, -0.15) is 0 Å². The van der Waals surface area contributed by atoms with E-state index < -0.39 is 5.54 Å². The van der Waals surface area contributed by atoms with Crippen molar-refractivity contribution in [2.75, 3.05) is 6.61 Å². The molecule has 4 nitrogen and oxygen atoms in total. The lowest BCUT2D eigenvalue weighted by Crippen LogP contribution is -2.49. The smallest absolute Gasteiger partial charge is 0.332 e. The highest BCUT2D eigenvalue weighted by molar-refractivity contribution is 5.93. The molecule has 1 heterocycles. The molecule has 0 aromatic carbocycles. The molecule has 1 aliphatic rings. The Kier molecular flexibility index (Phi) is 3.50. The van der Waals surface area contributed by atoms with Crippen LogP contribution in [-0.2, 0) is 14.3 Å². The van der Waals surface area contributed by atoms with E-state index in [2.05, 4.69) is 11.9 Å². The Labute approximate surface area is 89.7 Å². The third-order valence-electron chi connectivity index (χ3n) is 2.62. The van der Waals surface area contributed by atoms with Crippen molar-refractivity contribution in [3.05, 3.63) is 12.7 Å². The second-order valence-electron chi connectivity index (χ2n) is 3.89. The van der Waals surface area contributed by atoms with E-state index in [1.54, 1.807) is 19.9 Å². The number of amides is 1. The number of hydrogen-bond acceptors (Lipinski definition) is 3. The first-order valence-electron chi connectivity index (χ1n) is 5.16. The first kappa shape index (κ1) is 11.8. The SMILES string of the molecule is C=CC[C@@]1(C(=O)OCC)C[C@H](C)C(=O)N1. The van der Waals surface area contributed by atoms with Crippen LogP contribution in [0.1, 0.15) is 26.7 Å². The molecule has 1 fully saturated rings. The molecule has 0 aliphatic carbocycles. The molecule has 1 N–H and O–H groups in total. The lowest BCUT2D eigenvalue weighted by Gasteiger charge is -2.25. The summed E-state index contributed by atoms with van der Waals surface area (Å²) in [4.78, 5) is 23.2. The van der Waals surface area contributed by atoms with E-state index >= 15 is 0 Å². The monoisotopic (exact) mass is 211 g/mol. The van der Waals surface area contributed by atoms with Crippen molar-refractivity contribution in [1.29, 1.82) is 0 Å². The molecular weight excluding hydrogens is 194 g/mol. The van der Waals surface area contributed by atoms with Gasteiger partial charge in [-0.25, -0.2) is 4.79 Å². The van der Waals surface area contributed by atoms with Crippen LogP contribution in [0.4, 0.5) is 0 Å². The molecule has 2 atom stereocenters. The van der Waals surface area contributed by atoms with Crippen LogP contribution in [0.25, 0.3) is 0 Å². The molecular formula is C11H17NO3. The molecule has 0 unspecified atom stereocenters. The molecule has 4 heteroatoms. The number of hydrogen-bond donors (Lipinski definition) is 1. The Balaban J connectivity index is 2.85. The third kappa shape index (κ3) is 2.19. The van der Waals surface area contributed by atoms with Crippen LogP contribution in [0.5, 0.6) is 0 Å². The van der Waals surface area contributed by atoms with Crippen LogP contribution in [0, 0.1) is 5.92 Å². The van der Waals surface area contributed by atoms with E-state index in [0.29, 0.717) is 19.4 Å². The minimum atomic E-state index is -0.881. The van der Waals surface area contributed by atoms with E-state index in [4.69, 9.17) is 4.74 Å². The van der Waals surface area contributed by atoms with Gasteiger partial charge in [-0.3, -0.25) is 4.79 Å². The van der Waals surface area contributed by atoms with E-state index in [-0.39, 0.29) is 17.8 Å². The highest BCUT2D eigenvalue weighted by Gasteiger charge is 2.48. The summed E-state index contributed by atoms with van der Waals surface area (Å²) in [6, 6.07) is 0. The van der Waals surface area contributed by atoms with Crippen molar-refractivity contribution in [2.45, 2.75) is 32.2 Å². The fraction of sp³-hybridized carbons (Fsp3) is 0.636. The summed E-state index contributed by atoms with van der Waals surface area (Å²) in [6.45, 7) is 7.48. The molecule has 1 aliphatic heterocycles. The lowest BCUT2D eigenvalue weighted by atomic mass is 9.90. The molecule has 1 saturated heterocycles. The zero-order valence-corrected chi connectivity index (χ0v) is 9.21. The minimum Gasteiger partial charge on any atom is -0.464 e. The highest BCUT2D eigenvalue weighted by Crippen LogP contribution is 2.29. The predicted octanol–water partition coefficient (Wildman–Crippen LogP) is 1.02. The molecule has 84 valence electrons. The van der Waals surface area contributed by atoms with Gasteiger partial charge in [0.25, 0.3) is 0 Å². The van der Waals surface area contributed by atoms with Gasteiger partial charge in [-0.05, 0) is 19.8 Å². The molecule has 0 bridgehead atoms. The Morgan fingerprint density at radius 2 is 2.47 bits per heavy atom. The maximum Gasteiger partial charge on any atom is 0.332 e. The standard InChI is InChI=1S/C11H17NO3/c1-4-6-11(10(14)15-5-2)7-8(3)9(13)12-11/h4,8H,1,5-7H2,2-3H3,(H,12,13)/t8-,11-/m0/s1. The summed E-state index contributed by atoms with van der Waals surface area (Å²) in [5.74, 6) is -0.596. The van der Waals surface area contributed by atoms with Gasteiger partial charge < -0.3 is 10.1 Å². The van der Waals surface area contributed by atoms with Crippen LogP contribution in [0.2, 0.25) is 0 Å². The number of carbonyl (C=O) groups excluding carboxylic acids is 2. The number of nitrogens with one attached hydrogen (secondary N) is 1. The summed E-state index contributed by atoms with van der Waals surface area (Å²) >= 11 is 0. The van der Waals surface area contributed by atoms with Gasteiger partial charge in [0.1, 0.15) is 5.54 Å². The van der Waals surface area contributed by atoms with E-state index in [1.165, 1.54) is 0 Å². The van der Waals surface area contributed by atoms with Gasteiger partial charge in [0.05, 0.1) is 6.61 Å². The molecule has 1 amide bonds. The Bertz CT molecular complexity index is 288. The highest BCUT2D eigenvalue weighted by atomic mass is 16.5. The summed E-state index contributed by atoms with van der Waals surface area (Å²) < 4.78 is 4.98. The molecule has 0 spiro atoms. The van der Waals surface area contributed by atoms with Crippen molar-refractivity contribution in [1.82, 2.24) is 5.32 Å². The first-order valence-corrected chi connectivity index (χ1v) is 5.16. The predicted molar refractivity (Wildman–Crippen MR) is 56.1 cm³/mol. The maximum absolute atomic E-state index is 11.8. The molecule has 0 saturated carbocycles. The summed E-state index contributed by atoms with van der Waals surface area (Å²) in [5.41, 5.74) is -0.881. The summed E-state index contributed by atoms with van der Waals surface area (Å²) in [5, 5.41) is 2.72. The average Bonchev–Trinajstić information content (AvgIpc) is 2.45. The van der Waals surface area contributed by atoms with Crippen LogP contribution < -0.4 is 5.32 Å². The van der Waals surface area contributed by atoms with Crippen molar-refractivity contribution >= 4 is 11.9 Å². The van der Waals surface area contributed by atoms with Crippen LogP contribution in [0.3, 0.4) is 0 Å². The Morgan fingerprint density at radius 3 is 2.87 bits per heavy atom. The number of rotatable bonds is 4. The quantitative estimate of drug-likeness (QED) is 0.558. The van der Waals surface area contributed by atoms with Gasteiger partial charge >= 0.3 is 5.97 Å². The van der Waals surface area contributed by atoms with Crippen molar-refractivity contribution in [3.63, 3.8) is 0 Å². The summed E-state index contributed by atoms with van der Waals surface area (Å²) in [7, 11) is 0. The zero-order chi connectivity index (χ0) is 11.5. The molecule has 1 rings (SSSR count). The normalized spacial score (nSPS) is 29.7. The van der Waals surface area contributed by atoms with Gasteiger partial charge in [-0.1, -0.05) is 13.0 Å². The Hall–Kier alpha value is -1.32. The summed E-state index contributed by atoms with van der Waals surface area (Å²) in [6.07, 6.45) is 2.54. The second kappa shape index (κ2) is 4.47. The van der Waals surface area contributed by atoms with Gasteiger partial charge in [-0.15, -0.1) is 6.58 Å². The van der Waals surface area contributed by atoms with Gasteiger partial charge in [0, 0.05) is 5.92 Å². The van der Waals surface area contributed by atoms with E-state index in [0.717, 1.165) is 0 Å². The number of ether oxygens (including phenoxy) is 1. The fourth-order valence-corrected chi connectivity index (χ4v) is 1.89. The third-order valence-corrected chi connectivity index (χ3v) is 2.62. The minimum absolute atomic E-state index is 0.0927. The topological polar surface area (TPSA) is 55.4 Å². The lowest BCUT2D eigenvalue weighted by molar-refractivity contribution is -0.151. The van der Waals surface area contributed by atoms with Crippen molar-refractivity contribution < 1.29 is 14.3 Å². The van der Waals surface area contributed by atoms with Crippen LogP contribution >= 0.6 is 0 Å². The second-order valence-corrected chi connectivity index (χ2v) is 3.89.